The summed E-state index contributed by atoms with van der Waals surface area (Å²) in [7, 11) is 1.60. The van der Waals surface area contributed by atoms with Gasteiger partial charge in [-0.05, 0) is 12.5 Å². The van der Waals surface area contributed by atoms with Gasteiger partial charge in [0.05, 0.1) is 32.4 Å². The van der Waals surface area contributed by atoms with Crippen molar-refractivity contribution in [3.05, 3.63) is 24.2 Å². The van der Waals surface area contributed by atoms with Crippen LogP contribution in [-0.2, 0) is 4.74 Å². The number of aromatic nitrogens is 2. The van der Waals surface area contributed by atoms with E-state index in [2.05, 4.69) is 14.9 Å². The van der Waals surface area contributed by atoms with Crippen molar-refractivity contribution >= 4 is 16.7 Å². The van der Waals surface area contributed by atoms with Crippen LogP contribution in [0.3, 0.4) is 0 Å². The van der Waals surface area contributed by atoms with E-state index in [0.29, 0.717) is 29.0 Å². The van der Waals surface area contributed by atoms with Gasteiger partial charge < -0.3 is 24.9 Å². The summed E-state index contributed by atoms with van der Waals surface area (Å²) in [5.74, 6) is 1.45. The van der Waals surface area contributed by atoms with Gasteiger partial charge in [-0.2, -0.15) is 0 Å². The third kappa shape index (κ3) is 5.01. The minimum absolute atomic E-state index is 0. The predicted molar refractivity (Wildman–Crippen MR) is 87.4 cm³/mol. The Morgan fingerprint density at radius 1 is 1.21 bits per heavy atom. The topological polar surface area (TPSA) is 80.5 Å². The Labute approximate surface area is 184 Å². The average molecular weight is 356 g/mol. The van der Waals surface area contributed by atoms with E-state index in [-0.39, 0.29) is 57.2 Å². The van der Waals surface area contributed by atoms with Gasteiger partial charge >= 0.3 is 51.4 Å². The van der Waals surface area contributed by atoms with Gasteiger partial charge in [0.2, 0.25) is 0 Å². The van der Waals surface area contributed by atoms with Crippen LogP contribution in [0.25, 0.3) is 16.6 Å². The largest absolute Gasteiger partial charge is 1.00 e. The van der Waals surface area contributed by atoms with Crippen LogP contribution in [0, 0.1) is 0 Å². The van der Waals surface area contributed by atoms with Crippen LogP contribution in [0.1, 0.15) is 6.42 Å². The average Bonchev–Trinajstić information content (AvgIpc) is 2.59. The second-order valence-electron chi connectivity index (χ2n) is 5.40. The van der Waals surface area contributed by atoms with Gasteiger partial charge in [0.15, 0.2) is 11.5 Å². The Kier molecular flexibility index (Phi) is 8.15. The van der Waals surface area contributed by atoms with E-state index in [0.717, 1.165) is 39.3 Å². The van der Waals surface area contributed by atoms with Crippen LogP contribution in [0.15, 0.2) is 18.5 Å². The monoisotopic (exact) mass is 356 g/mol. The zero-order valence-corrected chi connectivity index (χ0v) is 17.4. The minimum atomic E-state index is 0. The molecule has 0 radical (unpaired) electrons. The predicted octanol–water partition coefficient (Wildman–Crippen LogP) is -0.573. The van der Waals surface area contributed by atoms with Crippen molar-refractivity contribution in [3.8, 4) is 11.5 Å². The smallest absolute Gasteiger partial charge is 0.493 e. The van der Waals surface area contributed by atoms with Crippen LogP contribution in [0.2, 0.25) is 0 Å². The van der Waals surface area contributed by atoms with E-state index in [9.17, 15) is 0 Å². The molecule has 3 rings (SSSR count). The first-order valence-corrected chi connectivity index (χ1v) is 7.75. The molecule has 1 fully saturated rings. The first-order chi connectivity index (χ1) is 11.3. The number of benzene rings is 1. The molecule has 124 valence electrons. The fraction of sp³-hybridized carbons (Fsp3) is 0.500. The minimum Gasteiger partial charge on any atom is -0.493 e. The number of nitrogens with one attached hydrogen (secondary N) is 1. The molecule has 8 heteroatoms. The summed E-state index contributed by atoms with van der Waals surface area (Å²) in [6.07, 6.45) is 2.31. The second kappa shape index (κ2) is 9.86. The van der Waals surface area contributed by atoms with Gasteiger partial charge in [-0.1, -0.05) is 5.82 Å². The van der Waals surface area contributed by atoms with Gasteiger partial charge in [-0.25, -0.2) is 0 Å². The van der Waals surface area contributed by atoms with E-state index in [1.165, 1.54) is 6.33 Å². The first-order valence-electron chi connectivity index (χ1n) is 7.75. The Bertz CT molecular complexity index is 665. The maximum Gasteiger partial charge on any atom is 1.00 e. The molecule has 1 aliphatic heterocycles. The van der Waals surface area contributed by atoms with Gasteiger partial charge in [-0.15, -0.1) is 0 Å². The van der Waals surface area contributed by atoms with Crippen molar-refractivity contribution in [3.63, 3.8) is 0 Å². The molecule has 1 aromatic carbocycles. The van der Waals surface area contributed by atoms with Crippen molar-refractivity contribution < 1.29 is 65.6 Å². The van der Waals surface area contributed by atoms with E-state index in [1.807, 2.05) is 0 Å². The van der Waals surface area contributed by atoms with Gasteiger partial charge in [0.1, 0.15) is 0 Å². The quantitative estimate of drug-likeness (QED) is 0.509. The molecular formula is C16H21KN4O3. The molecular weight excluding hydrogens is 335 g/mol. The number of nitrogens with zero attached hydrogens (tertiary/aromatic N) is 3. The normalized spacial score (nSPS) is 15.0. The summed E-state index contributed by atoms with van der Waals surface area (Å²) in [4.78, 5) is 10.4. The number of rotatable bonds is 6. The molecule has 0 amide bonds. The summed E-state index contributed by atoms with van der Waals surface area (Å²) >= 11 is 0. The molecule has 1 aromatic heterocycles. The van der Waals surface area contributed by atoms with Gasteiger partial charge in [0.25, 0.3) is 0 Å². The van der Waals surface area contributed by atoms with E-state index in [1.54, 1.807) is 19.2 Å². The summed E-state index contributed by atoms with van der Waals surface area (Å²) in [5.41, 5.74) is 8.55. The molecule has 1 aliphatic rings. The Hall–Kier alpha value is -0.484. The number of hydrogen-bond donors (Lipinski definition) is 0. The zero-order chi connectivity index (χ0) is 16.1. The maximum absolute atomic E-state index is 7.87. The number of fused-ring (bicyclic) bond motifs is 1. The maximum atomic E-state index is 7.87. The zero-order valence-electron chi connectivity index (χ0n) is 14.2. The van der Waals surface area contributed by atoms with Crippen LogP contribution in [0.4, 0.5) is 5.82 Å². The summed E-state index contributed by atoms with van der Waals surface area (Å²) < 4.78 is 16.6. The summed E-state index contributed by atoms with van der Waals surface area (Å²) in [5, 5.41) is 0.663. The second-order valence-corrected chi connectivity index (χ2v) is 5.40. The van der Waals surface area contributed by atoms with Gasteiger partial charge in [-0.3, -0.25) is 9.88 Å². The Morgan fingerprint density at radius 2 is 2.00 bits per heavy atom. The van der Waals surface area contributed by atoms with Crippen LogP contribution in [-0.4, -0.2) is 61.4 Å². The van der Waals surface area contributed by atoms with E-state index in [4.69, 9.17) is 19.9 Å². The first kappa shape index (κ1) is 19.8. The standard InChI is InChI=1S/C16H21N4O3.K/c1-21-14-10-13-12(16(17)19-11-18-13)9-15(14)23-6-2-3-20-4-7-22-8-5-20;/h9-11H,2-8H2,1H3,(H-,17,18,19);/q-1;+1. The Morgan fingerprint density at radius 3 is 2.75 bits per heavy atom. The number of ether oxygens (including phenoxy) is 3. The molecule has 1 saturated heterocycles. The molecule has 0 atom stereocenters. The molecule has 1 N–H and O–H groups in total. The third-order valence-electron chi connectivity index (χ3n) is 3.90. The molecule has 2 aromatic rings. The molecule has 0 spiro atoms. The molecule has 0 bridgehead atoms. The molecule has 24 heavy (non-hydrogen) atoms. The van der Waals surface area contributed by atoms with Crippen LogP contribution < -0.4 is 60.9 Å². The fourth-order valence-electron chi connectivity index (χ4n) is 2.63. The van der Waals surface area contributed by atoms with Crippen molar-refractivity contribution in [2.45, 2.75) is 6.42 Å². The van der Waals surface area contributed by atoms with Gasteiger partial charge in [0, 0.05) is 37.4 Å². The van der Waals surface area contributed by atoms with E-state index >= 15 is 0 Å². The molecule has 0 unspecified atom stereocenters. The number of hydrogen-bond acceptors (Lipinski definition) is 6. The van der Waals surface area contributed by atoms with Crippen molar-refractivity contribution in [2.24, 2.45) is 0 Å². The summed E-state index contributed by atoms with van der Waals surface area (Å²) in [6, 6.07) is 3.57. The van der Waals surface area contributed by atoms with Crippen LogP contribution >= 0.6 is 0 Å². The molecule has 2 heterocycles. The molecule has 0 aliphatic carbocycles. The number of methoxy groups -OCH3 is 1. The van der Waals surface area contributed by atoms with Crippen molar-refractivity contribution in [2.75, 3.05) is 46.6 Å². The SMILES string of the molecule is COc1cc2ncnc([NH-])c2cc1OCCCN1CCOCC1.[K+]. The number of morpholine rings is 1. The van der Waals surface area contributed by atoms with Crippen LogP contribution in [0.5, 0.6) is 11.5 Å². The third-order valence-corrected chi connectivity index (χ3v) is 3.90. The molecule has 0 saturated carbocycles. The molecule has 7 nitrogen and oxygen atoms in total. The van der Waals surface area contributed by atoms with Crippen molar-refractivity contribution in [1.29, 1.82) is 0 Å². The van der Waals surface area contributed by atoms with Crippen molar-refractivity contribution in [1.82, 2.24) is 14.9 Å². The Balaban J connectivity index is 0.00000208. The summed E-state index contributed by atoms with van der Waals surface area (Å²) in [6.45, 7) is 5.18. The fourth-order valence-corrected chi connectivity index (χ4v) is 2.63. The van der Waals surface area contributed by atoms with E-state index < -0.39 is 0 Å².